The molecule has 0 N–H and O–H groups in total. The second-order valence-corrected chi connectivity index (χ2v) is 1.76. The number of azo groups is 1. The van der Waals surface area contributed by atoms with E-state index in [0.717, 1.165) is 6.54 Å². The van der Waals surface area contributed by atoms with Crippen molar-refractivity contribution < 1.29 is 0 Å². The maximum absolute atomic E-state index is 3.80. The first kappa shape index (κ1) is 4.50. The van der Waals surface area contributed by atoms with Gasteiger partial charge in [0.1, 0.15) is 0 Å². The van der Waals surface area contributed by atoms with Crippen LogP contribution in [-0.4, -0.2) is 6.54 Å². The second-order valence-electron chi connectivity index (χ2n) is 1.76. The number of rotatable bonds is 0. The van der Waals surface area contributed by atoms with Crippen molar-refractivity contribution in [2.24, 2.45) is 16.1 Å². The largest absolute Gasteiger partial charge is 0.189 e. The Balaban J connectivity index is 2.49. The van der Waals surface area contributed by atoms with Crippen molar-refractivity contribution in [2.75, 3.05) is 6.54 Å². The van der Waals surface area contributed by atoms with E-state index in [-0.39, 0.29) is 0 Å². The third-order valence-corrected chi connectivity index (χ3v) is 0.933. The van der Waals surface area contributed by atoms with E-state index in [0.29, 0.717) is 5.92 Å². The molecule has 38 valence electrons. The van der Waals surface area contributed by atoms with E-state index in [4.69, 9.17) is 0 Å². The van der Waals surface area contributed by atoms with Crippen LogP contribution in [0.3, 0.4) is 0 Å². The summed E-state index contributed by atoms with van der Waals surface area (Å²) in [6.45, 7) is 2.98. The Morgan fingerprint density at radius 2 is 2.57 bits per heavy atom. The van der Waals surface area contributed by atoms with Crippen LogP contribution in [-0.2, 0) is 0 Å². The van der Waals surface area contributed by atoms with Gasteiger partial charge in [-0.2, -0.15) is 10.2 Å². The summed E-state index contributed by atoms with van der Waals surface area (Å²) >= 11 is 0. The van der Waals surface area contributed by atoms with Crippen LogP contribution in [0.25, 0.3) is 0 Å². The van der Waals surface area contributed by atoms with Crippen LogP contribution in [0.2, 0.25) is 0 Å². The summed E-state index contributed by atoms with van der Waals surface area (Å²) in [6.07, 6.45) is 3.79. The molecule has 7 heavy (non-hydrogen) atoms. The number of hydrogen-bond donors (Lipinski definition) is 0. The lowest BCUT2D eigenvalue weighted by atomic mass is 10.2. The first-order valence-electron chi connectivity index (χ1n) is 2.43. The maximum atomic E-state index is 3.80. The molecule has 2 nitrogen and oxygen atoms in total. The highest BCUT2D eigenvalue weighted by Crippen LogP contribution is 2.02. The lowest BCUT2D eigenvalue weighted by Gasteiger charge is -2.00. The Morgan fingerprint density at radius 1 is 1.71 bits per heavy atom. The third-order valence-electron chi connectivity index (χ3n) is 0.933. The zero-order valence-corrected chi connectivity index (χ0v) is 4.33. The van der Waals surface area contributed by atoms with Gasteiger partial charge in [0.2, 0.25) is 0 Å². The maximum Gasteiger partial charge on any atom is 0.0663 e. The van der Waals surface area contributed by atoms with E-state index in [1.165, 1.54) is 0 Å². The van der Waals surface area contributed by atoms with Crippen LogP contribution in [0.1, 0.15) is 6.92 Å². The summed E-state index contributed by atoms with van der Waals surface area (Å²) < 4.78 is 0. The summed E-state index contributed by atoms with van der Waals surface area (Å²) in [4.78, 5) is 0. The van der Waals surface area contributed by atoms with Crippen LogP contribution < -0.4 is 0 Å². The Bertz CT molecular complexity index is 105. The Hall–Kier alpha value is -0.660. The lowest BCUT2D eigenvalue weighted by Crippen LogP contribution is -1.95. The first-order chi connectivity index (χ1) is 3.39. The molecule has 0 aromatic heterocycles. The molecule has 1 rings (SSSR count). The average molecular weight is 96.1 g/mol. The van der Waals surface area contributed by atoms with Crippen LogP contribution in [0.4, 0.5) is 0 Å². The topological polar surface area (TPSA) is 24.7 Å². The smallest absolute Gasteiger partial charge is 0.0663 e. The monoisotopic (exact) mass is 96.1 g/mol. The highest BCUT2D eigenvalue weighted by molar-refractivity contribution is 4.87. The summed E-state index contributed by atoms with van der Waals surface area (Å²) in [5, 5.41) is 7.47. The van der Waals surface area contributed by atoms with Gasteiger partial charge >= 0.3 is 0 Å². The van der Waals surface area contributed by atoms with Crippen molar-refractivity contribution in [3.8, 4) is 0 Å². The van der Waals surface area contributed by atoms with Gasteiger partial charge in [0.25, 0.3) is 0 Å². The van der Waals surface area contributed by atoms with Crippen molar-refractivity contribution in [3.63, 3.8) is 0 Å². The minimum atomic E-state index is 0.595. The van der Waals surface area contributed by atoms with Crippen molar-refractivity contribution in [1.82, 2.24) is 0 Å². The predicted molar refractivity (Wildman–Crippen MR) is 28.0 cm³/mol. The highest BCUT2D eigenvalue weighted by Gasteiger charge is 1.95. The molecule has 1 aliphatic heterocycles. The lowest BCUT2D eigenvalue weighted by molar-refractivity contribution is 0.691. The van der Waals surface area contributed by atoms with Gasteiger partial charge in [0, 0.05) is 6.20 Å². The summed E-state index contributed by atoms with van der Waals surface area (Å²) in [5.74, 6) is 0.595. The molecule has 0 saturated carbocycles. The van der Waals surface area contributed by atoms with Crippen LogP contribution in [0.5, 0.6) is 0 Å². The quantitative estimate of drug-likeness (QED) is 0.437. The molecule has 0 spiro atoms. The van der Waals surface area contributed by atoms with E-state index in [1.54, 1.807) is 6.20 Å². The second kappa shape index (κ2) is 1.87. The zero-order chi connectivity index (χ0) is 5.11. The van der Waals surface area contributed by atoms with E-state index in [9.17, 15) is 0 Å². The first-order valence-corrected chi connectivity index (χ1v) is 2.43. The molecule has 0 saturated heterocycles. The predicted octanol–water partition coefficient (Wildman–Crippen LogP) is 1.60. The molecule has 0 radical (unpaired) electrons. The standard InChI is InChI=1S/C5H8N2/c1-5-2-3-6-7-4-5/h2-3,5H,4H2,1H3. The molecule has 0 aromatic carbocycles. The van der Waals surface area contributed by atoms with Crippen molar-refractivity contribution in [3.05, 3.63) is 12.3 Å². The molecule has 1 unspecified atom stereocenters. The Labute approximate surface area is 43.0 Å². The molecule has 0 fully saturated rings. The molecule has 1 aliphatic rings. The normalized spacial score (nSPS) is 28.4. The number of hydrogen-bond acceptors (Lipinski definition) is 2. The van der Waals surface area contributed by atoms with E-state index >= 15 is 0 Å². The van der Waals surface area contributed by atoms with Crippen molar-refractivity contribution >= 4 is 0 Å². The zero-order valence-electron chi connectivity index (χ0n) is 4.33. The van der Waals surface area contributed by atoms with E-state index in [2.05, 4.69) is 17.2 Å². The van der Waals surface area contributed by atoms with Gasteiger partial charge < -0.3 is 0 Å². The van der Waals surface area contributed by atoms with Gasteiger partial charge in [0.05, 0.1) is 6.54 Å². The molecule has 0 bridgehead atoms. The minimum absolute atomic E-state index is 0.595. The third kappa shape index (κ3) is 1.11. The molecular formula is C5H8N2. The summed E-state index contributed by atoms with van der Waals surface area (Å²) in [6, 6.07) is 0. The molecule has 2 heteroatoms. The summed E-state index contributed by atoms with van der Waals surface area (Å²) in [7, 11) is 0. The molecule has 1 heterocycles. The average Bonchev–Trinajstić information content (AvgIpc) is 1.69. The van der Waals surface area contributed by atoms with Crippen molar-refractivity contribution in [2.45, 2.75) is 6.92 Å². The molecule has 1 atom stereocenters. The Morgan fingerprint density at radius 3 is 2.86 bits per heavy atom. The van der Waals surface area contributed by atoms with E-state index < -0.39 is 0 Å². The molecule has 0 aliphatic carbocycles. The van der Waals surface area contributed by atoms with Crippen molar-refractivity contribution in [1.29, 1.82) is 0 Å². The number of nitrogens with zero attached hydrogens (tertiary/aromatic N) is 2. The van der Waals surface area contributed by atoms with Gasteiger partial charge in [-0.25, -0.2) is 0 Å². The van der Waals surface area contributed by atoms with Crippen LogP contribution in [0.15, 0.2) is 22.5 Å². The highest BCUT2D eigenvalue weighted by atomic mass is 15.1. The van der Waals surface area contributed by atoms with Crippen LogP contribution >= 0.6 is 0 Å². The van der Waals surface area contributed by atoms with E-state index in [1.807, 2.05) is 6.08 Å². The van der Waals surface area contributed by atoms with Gasteiger partial charge in [0.15, 0.2) is 0 Å². The fourth-order valence-electron chi connectivity index (χ4n) is 0.469. The van der Waals surface area contributed by atoms with Gasteiger partial charge in [-0.05, 0) is 5.92 Å². The van der Waals surface area contributed by atoms with Gasteiger partial charge in [-0.3, -0.25) is 0 Å². The fraction of sp³-hybridized carbons (Fsp3) is 0.600. The van der Waals surface area contributed by atoms with Gasteiger partial charge in [-0.1, -0.05) is 13.0 Å². The minimum Gasteiger partial charge on any atom is -0.189 e. The summed E-state index contributed by atoms with van der Waals surface area (Å²) in [5.41, 5.74) is 0. The van der Waals surface area contributed by atoms with Gasteiger partial charge in [-0.15, -0.1) is 0 Å². The molecule has 0 amide bonds. The Kier molecular flexibility index (Phi) is 1.20. The molecule has 0 aromatic rings. The SMILES string of the molecule is CC1C=CN=NC1. The van der Waals surface area contributed by atoms with Crippen LogP contribution in [0, 0.1) is 5.92 Å². The fourth-order valence-corrected chi connectivity index (χ4v) is 0.469. The molecular weight excluding hydrogens is 88.1 g/mol.